The molecule has 4 nitrogen and oxygen atoms in total. The highest BCUT2D eigenvalue weighted by Gasteiger charge is 2.20. The van der Waals surface area contributed by atoms with E-state index in [0.29, 0.717) is 22.4 Å². The Labute approximate surface area is 129 Å². The zero-order valence-electron chi connectivity index (χ0n) is 12.7. The van der Waals surface area contributed by atoms with Crippen molar-refractivity contribution in [3.63, 3.8) is 0 Å². The highest BCUT2D eigenvalue weighted by molar-refractivity contribution is 6.01. The molecule has 0 spiro atoms. The van der Waals surface area contributed by atoms with Gasteiger partial charge in [-0.3, -0.25) is 4.79 Å². The van der Waals surface area contributed by atoms with E-state index in [2.05, 4.69) is 0 Å². The molecule has 2 aromatic carbocycles. The van der Waals surface area contributed by atoms with Gasteiger partial charge in [-0.15, -0.1) is 0 Å². The van der Waals surface area contributed by atoms with Crippen LogP contribution in [0.2, 0.25) is 0 Å². The van der Waals surface area contributed by atoms with E-state index in [1.54, 1.807) is 37.3 Å². The molecule has 0 atom stereocenters. The maximum absolute atomic E-state index is 12.4. The highest BCUT2D eigenvalue weighted by atomic mass is 16.5. The van der Waals surface area contributed by atoms with Crippen LogP contribution in [0.4, 0.5) is 0 Å². The molecule has 0 aromatic heterocycles. The van der Waals surface area contributed by atoms with Gasteiger partial charge < -0.3 is 9.47 Å². The number of Topliss-reactive ketones (excluding diaryl/α,β-unsaturated/α-hetero) is 1. The van der Waals surface area contributed by atoms with Crippen LogP contribution in [0.3, 0.4) is 0 Å². The van der Waals surface area contributed by atoms with Crippen LogP contribution in [0, 0.1) is 0 Å². The summed E-state index contributed by atoms with van der Waals surface area (Å²) in [5, 5.41) is 0. The second kappa shape index (κ2) is 7.41. The molecule has 0 saturated heterocycles. The van der Waals surface area contributed by atoms with Crippen molar-refractivity contribution in [2.45, 2.75) is 13.3 Å². The van der Waals surface area contributed by atoms with Crippen molar-refractivity contribution in [2.75, 3.05) is 13.7 Å². The molecule has 0 aliphatic rings. The monoisotopic (exact) mass is 298 g/mol. The van der Waals surface area contributed by atoms with E-state index in [0.717, 1.165) is 0 Å². The Bertz CT molecular complexity index is 662. The zero-order chi connectivity index (χ0) is 15.9. The Morgan fingerprint density at radius 3 is 2.36 bits per heavy atom. The standard InChI is InChI=1S/C18H18O4/c1-3-22-18(20)17-14(10-7-11-16(17)21-2)12-15(19)13-8-5-4-6-9-13/h4-11H,3,12H2,1-2H3. The van der Waals surface area contributed by atoms with Gasteiger partial charge in [-0.1, -0.05) is 42.5 Å². The van der Waals surface area contributed by atoms with E-state index in [1.165, 1.54) is 7.11 Å². The fourth-order valence-electron chi connectivity index (χ4n) is 2.23. The van der Waals surface area contributed by atoms with Gasteiger partial charge in [-0.25, -0.2) is 4.79 Å². The Balaban J connectivity index is 2.34. The summed E-state index contributed by atoms with van der Waals surface area (Å²) in [5.74, 6) is -0.118. The molecule has 114 valence electrons. The molecule has 0 fully saturated rings. The summed E-state index contributed by atoms with van der Waals surface area (Å²) in [6, 6.07) is 14.2. The molecular formula is C18H18O4. The third kappa shape index (κ3) is 3.52. The number of benzene rings is 2. The molecule has 0 saturated carbocycles. The van der Waals surface area contributed by atoms with Crippen LogP contribution in [0.5, 0.6) is 5.75 Å². The number of carbonyl (C=O) groups excluding carboxylic acids is 2. The topological polar surface area (TPSA) is 52.6 Å². The van der Waals surface area contributed by atoms with Crippen molar-refractivity contribution in [2.24, 2.45) is 0 Å². The van der Waals surface area contributed by atoms with Crippen molar-refractivity contribution in [1.29, 1.82) is 0 Å². The molecule has 0 aliphatic carbocycles. The van der Waals surface area contributed by atoms with Gasteiger partial charge >= 0.3 is 5.97 Å². The third-order valence-corrected chi connectivity index (χ3v) is 3.26. The summed E-state index contributed by atoms with van der Waals surface area (Å²) in [7, 11) is 1.49. The number of ether oxygens (including phenoxy) is 2. The first kappa shape index (κ1) is 15.8. The normalized spacial score (nSPS) is 10.1. The smallest absolute Gasteiger partial charge is 0.342 e. The molecule has 2 aromatic rings. The average molecular weight is 298 g/mol. The molecule has 0 heterocycles. The Kier molecular flexibility index (Phi) is 5.31. The Morgan fingerprint density at radius 2 is 1.73 bits per heavy atom. The summed E-state index contributed by atoms with van der Waals surface area (Å²) in [6.45, 7) is 2.01. The average Bonchev–Trinajstić information content (AvgIpc) is 2.55. The minimum Gasteiger partial charge on any atom is -0.496 e. The predicted molar refractivity (Wildman–Crippen MR) is 83.4 cm³/mol. The molecule has 0 radical (unpaired) electrons. The lowest BCUT2D eigenvalue weighted by atomic mass is 9.98. The molecule has 4 heteroatoms. The summed E-state index contributed by atoms with van der Waals surface area (Å²) in [4.78, 5) is 24.5. The van der Waals surface area contributed by atoms with E-state index in [4.69, 9.17) is 9.47 Å². The van der Waals surface area contributed by atoms with Gasteiger partial charge in [-0.2, -0.15) is 0 Å². The SMILES string of the molecule is CCOC(=O)c1c(CC(=O)c2ccccc2)cccc1OC. The third-order valence-electron chi connectivity index (χ3n) is 3.26. The van der Waals surface area contributed by atoms with Crippen molar-refractivity contribution in [3.8, 4) is 5.75 Å². The number of methoxy groups -OCH3 is 1. The number of rotatable bonds is 6. The second-order valence-electron chi connectivity index (χ2n) is 4.68. The molecule has 22 heavy (non-hydrogen) atoms. The number of ketones is 1. The predicted octanol–water partition coefficient (Wildman–Crippen LogP) is 3.30. The van der Waals surface area contributed by atoms with E-state index >= 15 is 0 Å². The summed E-state index contributed by atoms with van der Waals surface area (Å²) < 4.78 is 10.3. The van der Waals surface area contributed by atoms with Crippen molar-refractivity contribution in [1.82, 2.24) is 0 Å². The first-order valence-corrected chi connectivity index (χ1v) is 7.08. The lowest BCUT2D eigenvalue weighted by molar-refractivity contribution is 0.0521. The summed E-state index contributed by atoms with van der Waals surface area (Å²) >= 11 is 0. The lowest BCUT2D eigenvalue weighted by Crippen LogP contribution is -2.13. The first-order valence-electron chi connectivity index (χ1n) is 7.08. The van der Waals surface area contributed by atoms with Gasteiger partial charge in [-0.05, 0) is 18.6 Å². The van der Waals surface area contributed by atoms with Crippen LogP contribution in [-0.2, 0) is 11.2 Å². The van der Waals surface area contributed by atoms with Crippen LogP contribution in [-0.4, -0.2) is 25.5 Å². The van der Waals surface area contributed by atoms with Gasteiger partial charge in [0, 0.05) is 12.0 Å². The quantitative estimate of drug-likeness (QED) is 0.606. The fourth-order valence-corrected chi connectivity index (χ4v) is 2.23. The van der Waals surface area contributed by atoms with E-state index < -0.39 is 5.97 Å². The Hall–Kier alpha value is -2.62. The van der Waals surface area contributed by atoms with E-state index in [-0.39, 0.29) is 18.8 Å². The maximum Gasteiger partial charge on any atom is 0.342 e. The van der Waals surface area contributed by atoms with Crippen LogP contribution in [0.15, 0.2) is 48.5 Å². The number of hydrogen-bond donors (Lipinski definition) is 0. The van der Waals surface area contributed by atoms with Gasteiger partial charge in [0.15, 0.2) is 5.78 Å². The fraction of sp³-hybridized carbons (Fsp3) is 0.222. The molecule has 0 N–H and O–H groups in total. The van der Waals surface area contributed by atoms with Gasteiger partial charge in [0.1, 0.15) is 11.3 Å². The van der Waals surface area contributed by atoms with Crippen LogP contribution in [0.1, 0.15) is 33.2 Å². The lowest BCUT2D eigenvalue weighted by Gasteiger charge is -2.12. The minimum absolute atomic E-state index is 0.0561. The second-order valence-corrected chi connectivity index (χ2v) is 4.68. The van der Waals surface area contributed by atoms with Crippen molar-refractivity contribution in [3.05, 3.63) is 65.2 Å². The summed E-state index contributed by atoms with van der Waals surface area (Å²) in [6.07, 6.45) is 0.120. The van der Waals surface area contributed by atoms with Crippen molar-refractivity contribution >= 4 is 11.8 Å². The molecule has 0 amide bonds. The number of esters is 1. The van der Waals surface area contributed by atoms with E-state index in [1.807, 2.05) is 18.2 Å². The van der Waals surface area contributed by atoms with Crippen LogP contribution >= 0.6 is 0 Å². The highest BCUT2D eigenvalue weighted by Crippen LogP contribution is 2.24. The molecular weight excluding hydrogens is 280 g/mol. The number of hydrogen-bond acceptors (Lipinski definition) is 4. The van der Waals surface area contributed by atoms with Crippen molar-refractivity contribution < 1.29 is 19.1 Å². The van der Waals surface area contributed by atoms with Gasteiger partial charge in [0.25, 0.3) is 0 Å². The molecule has 0 bridgehead atoms. The molecule has 0 aliphatic heterocycles. The maximum atomic E-state index is 12.4. The molecule has 2 rings (SSSR count). The summed E-state index contributed by atoms with van der Waals surface area (Å²) in [5.41, 5.74) is 1.53. The largest absolute Gasteiger partial charge is 0.496 e. The van der Waals surface area contributed by atoms with Crippen LogP contribution < -0.4 is 4.74 Å². The van der Waals surface area contributed by atoms with E-state index in [9.17, 15) is 9.59 Å². The first-order chi connectivity index (χ1) is 10.7. The zero-order valence-corrected chi connectivity index (χ0v) is 12.7. The van der Waals surface area contributed by atoms with Gasteiger partial charge in [0.2, 0.25) is 0 Å². The molecule has 0 unspecified atom stereocenters. The van der Waals surface area contributed by atoms with Crippen LogP contribution in [0.25, 0.3) is 0 Å². The number of carbonyl (C=O) groups is 2. The van der Waals surface area contributed by atoms with Gasteiger partial charge in [0.05, 0.1) is 13.7 Å². The minimum atomic E-state index is -0.476. The Morgan fingerprint density at radius 1 is 1.00 bits per heavy atom.